The fraction of sp³-hybridized carbons (Fsp3) is 0.900. The molecule has 0 radical (unpaired) electrons. The Hall–Kier alpha value is -0.650. The van der Waals surface area contributed by atoms with Crippen LogP contribution >= 0.6 is 0 Å². The highest BCUT2D eigenvalue weighted by atomic mass is 16.7. The number of rotatable bonds is 1. The van der Waals surface area contributed by atoms with Crippen LogP contribution in [0.2, 0.25) is 0 Å². The third-order valence-electron chi connectivity index (χ3n) is 3.17. The van der Waals surface area contributed by atoms with Gasteiger partial charge in [0, 0.05) is 12.8 Å². The molecule has 0 N–H and O–H groups in total. The first-order valence-electron chi connectivity index (χ1n) is 5.28. The maximum absolute atomic E-state index is 11.0. The molecule has 1 aliphatic carbocycles. The zero-order chi connectivity index (χ0) is 10.4. The monoisotopic (exact) mass is 214 g/mol. The van der Waals surface area contributed by atoms with Gasteiger partial charge in [0.15, 0.2) is 0 Å². The summed E-state index contributed by atoms with van der Waals surface area (Å²) in [5.41, 5.74) is 0. The fourth-order valence-corrected chi connectivity index (χ4v) is 2.42. The Balaban J connectivity index is 1.75. The molecule has 84 valence electrons. The van der Waals surface area contributed by atoms with Crippen molar-refractivity contribution in [1.82, 2.24) is 0 Å². The van der Waals surface area contributed by atoms with E-state index < -0.39 is 0 Å². The molecule has 0 aromatic carbocycles. The third-order valence-corrected chi connectivity index (χ3v) is 3.17. The van der Waals surface area contributed by atoms with E-state index in [1.165, 1.54) is 6.92 Å². The van der Waals surface area contributed by atoms with Crippen molar-refractivity contribution in [3.8, 4) is 0 Å². The molecule has 2 heterocycles. The summed E-state index contributed by atoms with van der Waals surface area (Å²) < 4.78 is 21.7. The molecule has 0 aromatic heterocycles. The summed E-state index contributed by atoms with van der Waals surface area (Å²) in [6, 6.07) is 0. The van der Waals surface area contributed by atoms with E-state index in [-0.39, 0.29) is 37.2 Å². The lowest BCUT2D eigenvalue weighted by Crippen LogP contribution is -2.53. The van der Waals surface area contributed by atoms with Crippen LogP contribution in [-0.4, -0.2) is 43.8 Å². The van der Waals surface area contributed by atoms with Crippen molar-refractivity contribution < 1.29 is 23.7 Å². The average Bonchev–Trinajstić information content (AvgIpc) is 2.95. The van der Waals surface area contributed by atoms with Crippen molar-refractivity contribution in [1.29, 1.82) is 0 Å². The molecule has 5 atom stereocenters. The van der Waals surface area contributed by atoms with Crippen LogP contribution in [-0.2, 0) is 23.7 Å². The van der Waals surface area contributed by atoms with Crippen molar-refractivity contribution in [3.05, 3.63) is 0 Å². The maximum Gasteiger partial charge on any atom is 0.303 e. The van der Waals surface area contributed by atoms with Gasteiger partial charge in [-0.3, -0.25) is 4.79 Å². The van der Waals surface area contributed by atoms with Gasteiger partial charge >= 0.3 is 5.97 Å². The Morgan fingerprint density at radius 2 is 2.27 bits per heavy atom. The molecule has 3 rings (SSSR count). The minimum atomic E-state index is -0.249. The van der Waals surface area contributed by atoms with E-state index in [0.29, 0.717) is 12.5 Å². The van der Waals surface area contributed by atoms with E-state index in [1.54, 1.807) is 0 Å². The summed E-state index contributed by atoms with van der Waals surface area (Å²) in [6.07, 6.45) is 0.836. The largest absolute Gasteiger partial charge is 0.459 e. The molecule has 1 saturated carbocycles. The second-order valence-electron chi connectivity index (χ2n) is 4.31. The fourth-order valence-electron chi connectivity index (χ4n) is 2.42. The third kappa shape index (κ3) is 1.64. The van der Waals surface area contributed by atoms with Crippen molar-refractivity contribution >= 4 is 5.97 Å². The van der Waals surface area contributed by atoms with E-state index in [4.69, 9.17) is 18.9 Å². The number of esters is 1. The number of carbonyl (C=O) groups excluding carboxylic acids is 1. The average molecular weight is 214 g/mol. The molecule has 5 nitrogen and oxygen atoms in total. The van der Waals surface area contributed by atoms with Crippen molar-refractivity contribution in [2.45, 2.75) is 37.8 Å². The number of hydrogen-bond donors (Lipinski definition) is 0. The first kappa shape index (κ1) is 9.57. The first-order chi connectivity index (χ1) is 7.25. The molecular formula is C10H14O5. The summed E-state index contributed by atoms with van der Waals surface area (Å²) in [4.78, 5) is 11.0. The van der Waals surface area contributed by atoms with Gasteiger partial charge < -0.3 is 18.9 Å². The quantitative estimate of drug-likeness (QED) is 0.578. The van der Waals surface area contributed by atoms with Crippen LogP contribution in [0.25, 0.3) is 0 Å². The van der Waals surface area contributed by atoms with E-state index in [1.807, 2.05) is 0 Å². The van der Waals surface area contributed by atoms with Crippen LogP contribution in [0.3, 0.4) is 0 Å². The predicted octanol–water partition coefficient (Wildman–Crippen LogP) is 0.0783. The van der Waals surface area contributed by atoms with Gasteiger partial charge in [0.2, 0.25) is 0 Å². The number of fused-ring (bicyclic) bond motifs is 2. The summed E-state index contributed by atoms with van der Waals surface area (Å²) in [6.45, 7) is 2.23. The standard InChI is InChI=1S/C10H14O5/c1-5(11)14-9-6-2-7(6)15-8-3-12-4-13-10(8)9/h6-10H,2-4H2,1H3/t6-,7+,8-,9-,10-/m1/s1. The Morgan fingerprint density at radius 3 is 3.07 bits per heavy atom. The van der Waals surface area contributed by atoms with Crippen molar-refractivity contribution in [2.75, 3.05) is 13.4 Å². The van der Waals surface area contributed by atoms with E-state index in [9.17, 15) is 4.79 Å². The number of ether oxygens (including phenoxy) is 4. The smallest absolute Gasteiger partial charge is 0.303 e. The van der Waals surface area contributed by atoms with Gasteiger partial charge in [-0.05, 0) is 6.42 Å². The summed E-state index contributed by atoms with van der Waals surface area (Å²) in [7, 11) is 0. The van der Waals surface area contributed by atoms with E-state index in [0.717, 1.165) is 6.42 Å². The second-order valence-corrected chi connectivity index (χ2v) is 4.31. The van der Waals surface area contributed by atoms with Gasteiger partial charge in [-0.2, -0.15) is 0 Å². The molecule has 2 saturated heterocycles. The summed E-state index contributed by atoms with van der Waals surface area (Å²) >= 11 is 0. The Bertz CT molecular complexity index is 279. The van der Waals surface area contributed by atoms with E-state index >= 15 is 0 Å². The first-order valence-corrected chi connectivity index (χ1v) is 5.28. The molecule has 3 fully saturated rings. The van der Waals surface area contributed by atoms with Crippen LogP contribution < -0.4 is 0 Å². The van der Waals surface area contributed by atoms with Crippen LogP contribution in [0.15, 0.2) is 0 Å². The van der Waals surface area contributed by atoms with Crippen LogP contribution in [0, 0.1) is 5.92 Å². The van der Waals surface area contributed by atoms with Crippen LogP contribution in [0.4, 0.5) is 0 Å². The minimum Gasteiger partial charge on any atom is -0.459 e. The lowest BCUT2D eigenvalue weighted by Gasteiger charge is -2.39. The zero-order valence-corrected chi connectivity index (χ0v) is 8.55. The molecule has 15 heavy (non-hydrogen) atoms. The molecule has 0 aromatic rings. The molecule has 2 aliphatic heterocycles. The lowest BCUT2D eigenvalue weighted by atomic mass is 10.0. The topological polar surface area (TPSA) is 54.0 Å². The number of carbonyl (C=O) groups is 1. The highest BCUT2D eigenvalue weighted by molar-refractivity contribution is 5.66. The second kappa shape index (κ2) is 3.43. The lowest BCUT2D eigenvalue weighted by molar-refractivity contribution is -0.258. The van der Waals surface area contributed by atoms with Crippen molar-refractivity contribution in [2.24, 2.45) is 5.92 Å². The van der Waals surface area contributed by atoms with E-state index in [2.05, 4.69) is 0 Å². The molecule has 0 unspecified atom stereocenters. The van der Waals surface area contributed by atoms with Gasteiger partial charge in [0.25, 0.3) is 0 Å². The molecule has 3 aliphatic rings. The normalized spacial score (nSPS) is 47.7. The minimum absolute atomic E-state index is 0.0770. The molecule has 0 amide bonds. The van der Waals surface area contributed by atoms with Crippen molar-refractivity contribution in [3.63, 3.8) is 0 Å². The number of hydrogen-bond acceptors (Lipinski definition) is 5. The van der Waals surface area contributed by atoms with Gasteiger partial charge in [0.1, 0.15) is 25.1 Å². The molecular weight excluding hydrogens is 200 g/mol. The SMILES string of the molecule is CC(=O)O[C@@H]1[C@@H]2C[C@@H]2O[C@@H]2COCO[C@@H]12. The Kier molecular flexibility index (Phi) is 2.19. The highest BCUT2D eigenvalue weighted by Crippen LogP contribution is 2.46. The van der Waals surface area contributed by atoms with Crippen LogP contribution in [0.1, 0.15) is 13.3 Å². The summed E-state index contributed by atoms with van der Waals surface area (Å²) in [5, 5.41) is 0. The van der Waals surface area contributed by atoms with Crippen LogP contribution in [0.5, 0.6) is 0 Å². The van der Waals surface area contributed by atoms with Gasteiger partial charge in [-0.15, -0.1) is 0 Å². The molecule has 0 spiro atoms. The zero-order valence-electron chi connectivity index (χ0n) is 8.55. The maximum atomic E-state index is 11.0. The predicted molar refractivity (Wildman–Crippen MR) is 48.0 cm³/mol. The summed E-state index contributed by atoms with van der Waals surface area (Å²) in [5.74, 6) is 0.0784. The molecule has 5 heteroatoms. The Morgan fingerprint density at radius 1 is 1.40 bits per heavy atom. The van der Waals surface area contributed by atoms with Gasteiger partial charge in [-0.1, -0.05) is 0 Å². The highest BCUT2D eigenvalue weighted by Gasteiger charge is 2.57. The molecule has 0 bridgehead atoms. The van der Waals surface area contributed by atoms with Gasteiger partial charge in [-0.25, -0.2) is 0 Å². The Labute approximate surface area is 87.6 Å². The van der Waals surface area contributed by atoms with Gasteiger partial charge in [0.05, 0.1) is 12.7 Å².